The van der Waals surface area contributed by atoms with Crippen LogP contribution in [0.2, 0.25) is 0 Å². The highest BCUT2D eigenvalue weighted by Crippen LogP contribution is 2.64. The van der Waals surface area contributed by atoms with Crippen LogP contribution in [0.4, 0.5) is 0 Å². The van der Waals surface area contributed by atoms with E-state index in [1.807, 2.05) is 62.4 Å². The maximum absolute atomic E-state index is 12.4. The van der Waals surface area contributed by atoms with Gasteiger partial charge in [-0.15, -0.1) is 0 Å². The number of aryl methyl sites for hydroxylation is 2. The Morgan fingerprint density at radius 1 is 0.944 bits per heavy atom. The van der Waals surface area contributed by atoms with Crippen LogP contribution in [-0.4, -0.2) is 4.98 Å². The molecule has 7 nitrogen and oxygen atoms in total. The molecule has 1 saturated carbocycles. The summed E-state index contributed by atoms with van der Waals surface area (Å²) in [4.78, 5) is 15.4. The van der Waals surface area contributed by atoms with Crippen molar-refractivity contribution in [2.45, 2.75) is 43.9 Å². The lowest BCUT2D eigenvalue weighted by Gasteiger charge is -2.51. The lowest BCUT2D eigenvalue weighted by Crippen LogP contribution is -2.48. The number of allylic oxidation sites excluding steroid dienone is 1. The Morgan fingerprint density at radius 3 is 1.89 bits per heavy atom. The van der Waals surface area contributed by atoms with Crippen LogP contribution in [0, 0.1) is 53.3 Å². The number of nitriles is 3. The van der Waals surface area contributed by atoms with Crippen LogP contribution in [0.25, 0.3) is 0 Å². The second-order valence-corrected chi connectivity index (χ2v) is 10.6. The van der Waals surface area contributed by atoms with Gasteiger partial charge in [-0.2, -0.15) is 15.8 Å². The first-order valence-electron chi connectivity index (χ1n) is 11.6. The fraction of sp³-hybridized carbons (Fsp3) is 0.286. The molecule has 0 radical (unpaired) electrons. The van der Waals surface area contributed by atoms with Gasteiger partial charge in [-0.25, -0.2) is 0 Å². The van der Waals surface area contributed by atoms with Gasteiger partial charge in [0.2, 0.25) is 11.8 Å². The molecule has 8 heteroatoms. The molecule has 2 heterocycles. The van der Waals surface area contributed by atoms with Crippen molar-refractivity contribution < 1.29 is 4.74 Å². The number of thiazole rings is 1. The standard InChI is InChI=1S/C28H23N5O2S/c1-16-3-7-18(8-4-16)20-11-27(22(13-29)24(32)35-25-23(27)36-26(34)33-25)12-21(28(20,14-30)15-31)19-9-5-17(2)6-10-19/h3-10,20-21H,11-12,32H2,1-2H3,(H,33,34). The van der Waals surface area contributed by atoms with Gasteiger partial charge in [0.25, 0.3) is 0 Å². The van der Waals surface area contributed by atoms with E-state index < -0.39 is 22.7 Å². The third-order valence-electron chi connectivity index (χ3n) is 7.63. The second-order valence-electron chi connectivity index (χ2n) is 9.64. The van der Waals surface area contributed by atoms with E-state index in [0.717, 1.165) is 33.6 Å². The lowest BCUT2D eigenvalue weighted by molar-refractivity contribution is 0.168. The zero-order valence-electron chi connectivity index (χ0n) is 19.8. The number of aromatic nitrogens is 1. The van der Waals surface area contributed by atoms with E-state index in [0.29, 0.717) is 4.88 Å². The minimum absolute atomic E-state index is 0.0641. The summed E-state index contributed by atoms with van der Waals surface area (Å²) in [5, 5.41) is 31.5. The molecule has 3 N–H and O–H groups in total. The molecule has 1 aliphatic carbocycles. The number of nitrogens with zero attached hydrogens (tertiary/aromatic N) is 3. The van der Waals surface area contributed by atoms with Gasteiger partial charge in [0.15, 0.2) is 5.41 Å². The Bertz CT molecular complexity index is 1490. The van der Waals surface area contributed by atoms with Gasteiger partial charge >= 0.3 is 4.87 Å². The van der Waals surface area contributed by atoms with E-state index in [-0.39, 0.29) is 35.1 Å². The fourth-order valence-corrected chi connectivity index (χ4v) is 6.78. The third kappa shape index (κ3) is 3.33. The predicted octanol–water partition coefficient (Wildman–Crippen LogP) is 4.77. The summed E-state index contributed by atoms with van der Waals surface area (Å²) in [7, 11) is 0. The maximum Gasteiger partial charge on any atom is 0.307 e. The first-order valence-corrected chi connectivity index (χ1v) is 12.4. The van der Waals surface area contributed by atoms with E-state index >= 15 is 0 Å². The topological polar surface area (TPSA) is 139 Å². The summed E-state index contributed by atoms with van der Waals surface area (Å²) in [5.41, 5.74) is 7.82. The van der Waals surface area contributed by atoms with Crippen molar-refractivity contribution in [1.82, 2.24) is 4.98 Å². The summed E-state index contributed by atoms with van der Waals surface area (Å²) in [6.45, 7) is 3.95. The molecular formula is C28H23N5O2S. The van der Waals surface area contributed by atoms with Crippen molar-refractivity contribution in [3.05, 3.63) is 96.8 Å². The van der Waals surface area contributed by atoms with Gasteiger partial charge in [0, 0.05) is 11.8 Å². The molecule has 5 rings (SSSR count). The van der Waals surface area contributed by atoms with Crippen LogP contribution in [0.5, 0.6) is 5.88 Å². The van der Waals surface area contributed by atoms with Gasteiger partial charge in [-0.1, -0.05) is 71.0 Å². The minimum atomic E-state index is -1.41. The highest BCUT2D eigenvalue weighted by atomic mass is 32.1. The first-order chi connectivity index (χ1) is 17.3. The average Bonchev–Trinajstić information content (AvgIpc) is 3.25. The van der Waals surface area contributed by atoms with Crippen molar-refractivity contribution in [3.8, 4) is 24.1 Å². The van der Waals surface area contributed by atoms with Crippen LogP contribution in [0.3, 0.4) is 0 Å². The molecule has 2 atom stereocenters. The molecule has 1 spiro atoms. The van der Waals surface area contributed by atoms with Crippen molar-refractivity contribution in [3.63, 3.8) is 0 Å². The Labute approximate surface area is 212 Å². The summed E-state index contributed by atoms with van der Waals surface area (Å²) < 4.78 is 5.66. The van der Waals surface area contributed by atoms with Crippen LogP contribution in [-0.2, 0) is 5.41 Å². The normalized spacial score (nSPS) is 24.2. The van der Waals surface area contributed by atoms with E-state index in [9.17, 15) is 20.6 Å². The van der Waals surface area contributed by atoms with E-state index in [1.165, 1.54) is 0 Å². The molecule has 1 aliphatic heterocycles. The number of fused-ring (bicyclic) bond motifs is 2. The molecule has 2 aliphatic rings. The van der Waals surface area contributed by atoms with Crippen molar-refractivity contribution in [2.75, 3.05) is 0 Å². The van der Waals surface area contributed by atoms with E-state index in [4.69, 9.17) is 10.5 Å². The van der Waals surface area contributed by atoms with Crippen molar-refractivity contribution in [2.24, 2.45) is 11.1 Å². The smallest absolute Gasteiger partial charge is 0.307 e. The number of benzene rings is 2. The van der Waals surface area contributed by atoms with Gasteiger partial charge in [-0.05, 0) is 37.8 Å². The number of rotatable bonds is 2. The van der Waals surface area contributed by atoms with E-state index in [2.05, 4.69) is 23.2 Å². The average molecular weight is 494 g/mol. The Hall–Kier alpha value is -4.32. The molecule has 178 valence electrons. The molecule has 2 unspecified atom stereocenters. The molecule has 36 heavy (non-hydrogen) atoms. The minimum Gasteiger partial charge on any atom is -0.423 e. The number of aromatic amines is 1. The number of ether oxygens (including phenoxy) is 1. The number of H-pyrrole nitrogens is 1. The van der Waals surface area contributed by atoms with Crippen molar-refractivity contribution >= 4 is 11.3 Å². The molecule has 0 bridgehead atoms. The third-order valence-corrected chi connectivity index (χ3v) is 8.70. The maximum atomic E-state index is 12.4. The Balaban J connectivity index is 1.84. The van der Waals surface area contributed by atoms with E-state index in [1.54, 1.807) is 0 Å². The van der Waals surface area contributed by atoms with Crippen LogP contribution >= 0.6 is 11.3 Å². The zero-order valence-corrected chi connectivity index (χ0v) is 20.6. The molecule has 0 saturated heterocycles. The first kappa shape index (κ1) is 23.4. The Morgan fingerprint density at radius 2 is 1.44 bits per heavy atom. The highest BCUT2D eigenvalue weighted by molar-refractivity contribution is 7.09. The second kappa shape index (κ2) is 8.41. The van der Waals surface area contributed by atoms with Crippen LogP contribution in [0.15, 0.2) is 64.8 Å². The van der Waals surface area contributed by atoms with Crippen LogP contribution < -0.4 is 15.3 Å². The van der Waals surface area contributed by atoms with Gasteiger partial charge in [-0.3, -0.25) is 9.78 Å². The monoisotopic (exact) mass is 493 g/mol. The quantitative estimate of drug-likeness (QED) is 0.527. The van der Waals surface area contributed by atoms with Gasteiger partial charge in [0.1, 0.15) is 11.6 Å². The van der Waals surface area contributed by atoms with Gasteiger partial charge < -0.3 is 10.5 Å². The summed E-state index contributed by atoms with van der Waals surface area (Å²) in [6.07, 6.45) is 0.514. The van der Waals surface area contributed by atoms with Crippen molar-refractivity contribution in [1.29, 1.82) is 15.8 Å². The SMILES string of the molecule is Cc1ccc(C2CC3(CC(c4ccc(C)cc4)C2(C#N)C#N)C(C#N)=C(N)Oc2[nH]c(=O)sc23)cc1. The summed E-state index contributed by atoms with van der Waals surface area (Å²) in [6, 6.07) is 22.6. The highest BCUT2D eigenvalue weighted by Gasteiger charge is 2.61. The summed E-state index contributed by atoms with van der Waals surface area (Å²) >= 11 is 0.989. The Kier molecular flexibility index (Phi) is 5.47. The van der Waals surface area contributed by atoms with Gasteiger partial charge in [0.05, 0.1) is 22.4 Å². The molecule has 2 aromatic carbocycles. The fourth-order valence-electron chi connectivity index (χ4n) is 5.80. The largest absolute Gasteiger partial charge is 0.423 e. The zero-order chi connectivity index (χ0) is 25.7. The molecular weight excluding hydrogens is 470 g/mol. The lowest BCUT2D eigenvalue weighted by atomic mass is 9.49. The number of hydrogen-bond donors (Lipinski definition) is 2. The predicted molar refractivity (Wildman–Crippen MR) is 135 cm³/mol. The number of nitrogens with one attached hydrogen (secondary N) is 1. The van der Waals surface area contributed by atoms with Crippen LogP contribution in [0.1, 0.15) is 51.8 Å². The summed E-state index contributed by atoms with van der Waals surface area (Å²) in [5.74, 6) is -0.959. The number of hydrogen-bond acceptors (Lipinski definition) is 7. The molecule has 3 aromatic rings. The molecule has 1 aromatic heterocycles. The number of nitrogens with two attached hydrogens (primary N) is 1. The molecule has 0 amide bonds. The molecule has 1 fully saturated rings.